The zero-order valence-corrected chi connectivity index (χ0v) is 13.2. The van der Waals surface area contributed by atoms with Crippen LogP contribution in [0.2, 0.25) is 0 Å². The minimum atomic E-state index is -3.23. The first kappa shape index (κ1) is 14.6. The number of nitrogens with one attached hydrogen (secondary N) is 2. The third-order valence-corrected chi connectivity index (χ3v) is 5.61. The van der Waals surface area contributed by atoms with Gasteiger partial charge in [0.2, 0.25) is 10.0 Å². The quantitative estimate of drug-likeness (QED) is 0.902. The number of benzene rings is 1. The number of aromatic nitrogens is 1. The average Bonchev–Trinajstić information content (AvgIpc) is 3.04. The summed E-state index contributed by atoms with van der Waals surface area (Å²) >= 11 is 0. The highest BCUT2D eigenvalue weighted by Gasteiger charge is 2.23. The Bertz CT molecular complexity index is 751. The van der Waals surface area contributed by atoms with E-state index >= 15 is 0 Å². The molecule has 5 nitrogen and oxygen atoms in total. The molecule has 21 heavy (non-hydrogen) atoms. The van der Waals surface area contributed by atoms with Crippen LogP contribution in [0.4, 0.5) is 0 Å². The van der Waals surface area contributed by atoms with Crippen LogP contribution in [0.5, 0.6) is 0 Å². The molecule has 3 rings (SSSR count). The molecule has 114 valence electrons. The van der Waals surface area contributed by atoms with Gasteiger partial charge in [-0.3, -0.25) is 0 Å². The van der Waals surface area contributed by atoms with E-state index in [2.05, 4.69) is 27.9 Å². The minimum absolute atomic E-state index is 0.0224. The third kappa shape index (κ3) is 2.97. The fraction of sp³-hybridized carbons (Fsp3) is 0.467. The first-order valence-electron chi connectivity index (χ1n) is 7.18. The predicted octanol–water partition coefficient (Wildman–Crippen LogP) is 1.64. The minimum Gasteiger partial charge on any atom is -0.361 e. The zero-order chi connectivity index (χ0) is 15.0. The highest BCUT2D eigenvalue weighted by Crippen LogP contribution is 2.32. The number of hydrogen-bond acceptors (Lipinski definition) is 3. The van der Waals surface area contributed by atoms with Gasteiger partial charge in [0, 0.05) is 23.6 Å². The van der Waals surface area contributed by atoms with Gasteiger partial charge in [-0.25, -0.2) is 13.1 Å². The average molecular weight is 307 g/mol. The summed E-state index contributed by atoms with van der Waals surface area (Å²) in [5, 5.41) is 1.15. The van der Waals surface area contributed by atoms with Crippen molar-refractivity contribution in [3.63, 3.8) is 0 Å². The van der Waals surface area contributed by atoms with E-state index in [0.717, 1.165) is 36.0 Å². The molecule has 1 fully saturated rings. The molecule has 2 heterocycles. The molecule has 1 atom stereocenters. The summed E-state index contributed by atoms with van der Waals surface area (Å²) in [4.78, 5) is 5.63. The van der Waals surface area contributed by atoms with E-state index in [9.17, 15) is 8.42 Å². The Morgan fingerprint density at radius 3 is 2.90 bits per heavy atom. The number of H-pyrrole nitrogens is 1. The molecular weight excluding hydrogens is 286 g/mol. The first-order chi connectivity index (χ1) is 9.98. The van der Waals surface area contributed by atoms with Gasteiger partial charge in [0.25, 0.3) is 0 Å². The molecule has 0 amide bonds. The molecule has 2 aromatic rings. The molecule has 1 saturated heterocycles. The molecular formula is C15H21N3O2S. The fourth-order valence-electron chi connectivity index (χ4n) is 3.10. The fourth-order valence-corrected chi connectivity index (χ4v) is 3.86. The molecule has 1 aromatic carbocycles. The van der Waals surface area contributed by atoms with Crippen molar-refractivity contribution in [1.29, 1.82) is 0 Å². The Labute approximate surface area is 125 Å². The van der Waals surface area contributed by atoms with E-state index in [0.29, 0.717) is 5.92 Å². The van der Waals surface area contributed by atoms with Crippen LogP contribution in [0.15, 0.2) is 24.4 Å². The third-order valence-electron chi connectivity index (χ3n) is 4.28. The topological polar surface area (TPSA) is 65.2 Å². The number of sulfonamides is 1. The molecule has 2 N–H and O–H groups in total. The summed E-state index contributed by atoms with van der Waals surface area (Å²) in [5.41, 5.74) is 3.20. The van der Waals surface area contributed by atoms with E-state index in [-0.39, 0.29) is 5.75 Å². The molecule has 1 aromatic heterocycles. The lowest BCUT2D eigenvalue weighted by atomic mass is 9.97. The van der Waals surface area contributed by atoms with Crippen molar-refractivity contribution < 1.29 is 8.42 Å². The number of likely N-dealkylation sites (N-methyl/N-ethyl adjacent to an activating group) is 1. The lowest BCUT2D eigenvalue weighted by Gasteiger charge is -2.10. The maximum Gasteiger partial charge on any atom is 0.215 e. The summed E-state index contributed by atoms with van der Waals surface area (Å²) in [6, 6.07) is 5.85. The van der Waals surface area contributed by atoms with Gasteiger partial charge in [-0.15, -0.1) is 0 Å². The second-order valence-electron chi connectivity index (χ2n) is 5.84. The van der Waals surface area contributed by atoms with Gasteiger partial charge in [0.05, 0.1) is 5.75 Å². The normalized spacial score (nSPS) is 20.4. The van der Waals surface area contributed by atoms with Gasteiger partial charge in [0.1, 0.15) is 0 Å². The van der Waals surface area contributed by atoms with E-state index < -0.39 is 10.0 Å². The van der Waals surface area contributed by atoms with Crippen LogP contribution in [-0.4, -0.2) is 45.5 Å². The lowest BCUT2D eigenvalue weighted by molar-refractivity contribution is 0.412. The van der Waals surface area contributed by atoms with Crippen LogP contribution in [0, 0.1) is 0 Å². The summed E-state index contributed by atoms with van der Waals surface area (Å²) in [7, 11) is 0.354. The standard InChI is InChI=1S/C15H21N3O2S/c1-16-21(19,20)10-11-3-4-15-13(7-11)14(8-17-15)12-5-6-18(2)9-12/h3-4,7-8,12,16-17H,5-6,9-10H2,1-2H3. The van der Waals surface area contributed by atoms with Gasteiger partial charge < -0.3 is 9.88 Å². The number of hydrogen-bond donors (Lipinski definition) is 2. The summed E-state index contributed by atoms with van der Waals surface area (Å²) in [5.74, 6) is 0.550. The highest BCUT2D eigenvalue weighted by atomic mass is 32.2. The Morgan fingerprint density at radius 1 is 1.43 bits per heavy atom. The SMILES string of the molecule is CNS(=O)(=O)Cc1ccc2[nH]cc(C3CCN(C)C3)c2c1. The molecule has 0 spiro atoms. The van der Waals surface area contributed by atoms with Crippen LogP contribution in [0.25, 0.3) is 10.9 Å². The Kier molecular flexibility index (Phi) is 3.77. The lowest BCUT2D eigenvalue weighted by Crippen LogP contribution is -2.20. The maximum absolute atomic E-state index is 11.7. The maximum atomic E-state index is 11.7. The van der Waals surface area contributed by atoms with E-state index in [1.807, 2.05) is 18.2 Å². The summed E-state index contributed by atoms with van der Waals surface area (Å²) in [6.45, 7) is 2.18. The van der Waals surface area contributed by atoms with Gasteiger partial charge >= 0.3 is 0 Å². The Morgan fingerprint density at radius 2 is 2.24 bits per heavy atom. The number of rotatable bonds is 4. The molecule has 0 radical (unpaired) electrons. The van der Waals surface area contributed by atoms with Gasteiger partial charge in [-0.05, 0) is 56.2 Å². The molecule has 0 aliphatic carbocycles. The van der Waals surface area contributed by atoms with Crippen molar-refractivity contribution in [3.8, 4) is 0 Å². The second-order valence-corrected chi connectivity index (χ2v) is 7.76. The molecule has 1 aliphatic heterocycles. The van der Waals surface area contributed by atoms with Gasteiger partial charge in [-0.1, -0.05) is 6.07 Å². The molecule has 1 aliphatic rings. The van der Waals surface area contributed by atoms with Crippen molar-refractivity contribution in [2.45, 2.75) is 18.1 Å². The van der Waals surface area contributed by atoms with Gasteiger partial charge in [0.15, 0.2) is 0 Å². The van der Waals surface area contributed by atoms with Crippen LogP contribution >= 0.6 is 0 Å². The van der Waals surface area contributed by atoms with Gasteiger partial charge in [-0.2, -0.15) is 0 Å². The van der Waals surface area contributed by atoms with Crippen LogP contribution in [0.3, 0.4) is 0 Å². The smallest absolute Gasteiger partial charge is 0.215 e. The second kappa shape index (κ2) is 5.44. The van der Waals surface area contributed by atoms with E-state index in [1.54, 1.807) is 0 Å². The molecule has 0 bridgehead atoms. The zero-order valence-electron chi connectivity index (χ0n) is 12.4. The number of fused-ring (bicyclic) bond motifs is 1. The number of nitrogens with zero attached hydrogens (tertiary/aromatic N) is 1. The molecule has 0 saturated carbocycles. The molecule has 1 unspecified atom stereocenters. The number of likely N-dealkylation sites (tertiary alicyclic amines) is 1. The van der Waals surface area contributed by atoms with Crippen LogP contribution < -0.4 is 4.72 Å². The van der Waals surface area contributed by atoms with Crippen molar-refractivity contribution in [3.05, 3.63) is 35.5 Å². The summed E-state index contributed by atoms with van der Waals surface area (Å²) in [6.07, 6.45) is 3.23. The molecule has 6 heteroatoms. The monoisotopic (exact) mass is 307 g/mol. The van der Waals surface area contributed by atoms with E-state index in [1.165, 1.54) is 12.6 Å². The van der Waals surface area contributed by atoms with Crippen LogP contribution in [0.1, 0.15) is 23.5 Å². The van der Waals surface area contributed by atoms with E-state index in [4.69, 9.17) is 0 Å². The first-order valence-corrected chi connectivity index (χ1v) is 8.83. The van der Waals surface area contributed by atoms with Crippen molar-refractivity contribution in [1.82, 2.24) is 14.6 Å². The van der Waals surface area contributed by atoms with Crippen LogP contribution in [-0.2, 0) is 15.8 Å². The Hall–Kier alpha value is -1.37. The van der Waals surface area contributed by atoms with Crippen molar-refractivity contribution >= 4 is 20.9 Å². The largest absolute Gasteiger partial charge is 0.361 e. The number of aromatic amines is 1. The van der Waals surface area contributed by atoms with Crippen molar-refractivity contribution in [2.24, 2.45) is 0 Å². The highest BCUT2D eigenvalue weighted by molar-refractivity contribution is 7.88. The summed E-state index contributed by atoms with van der Waals surface area (Å²) < 4.78 is 25.8. The predicted molar refractivity (Wildman–Crippen MR) is 84.8 cm³/mol. The van der Waals surface area contributed by atoms with Crippen molar-refractivity contribution in [2.75, 3.05) is 27.2 Å². The Balaban J connectivity index is 1.96.